The number of rotatable bonds is 4. The lowest BCUT2D eigenvalue weighted by Crippen LogP contribution is -2.56. The first-order valence-electron chi connectivity index (χ1n) is 15.6. The van der Waals surface area contributed by atoms with Crippen LogP contribution < -0.4 is 9.47 Å². The standard InChI is InChI=1S/C39H35N3O3/c1-42-24-32(26-16-20-29(45-3)21-17-26)38(22-8-9-27(37(38)43)23-25-14-18-28(44-2)19-15-25)39(42)31-11-5-4-10-30(31)35-36(39)41-34-13-7-6-12-33(34)40-35/h4-7,10-21,23,32H,8-9,22,24H2,1-3H3. The molecule has 1 aromatic heterocycles. The fourth-order valence-corrected chi connectivity index (χ4v) is 8.58. The van der Waals surface area contributed by atoms with Gasteiger partial charge in [0.05, 0.1) is 42.1 Å². The van der Waals surface area contributed by atoms with Crippen LogP contribution in [0.15, 0.2) is 103 Å². The highest BCUT2D eigenvalue weighted by Crippen LogP contribution is 2.69. The van der Waals surface area contributed by atoms with Crippen molar-refractivity contribution in [3.8, 4) is 22.8 Å². The van der Waals surface area contributed by atoms with Crippen LogP contribution in [0.5, 0.6) is 11.5 Å². The van der Waals surface area contributed by atoms with E-state index in [4.69, 9.17) is 19.4 Å². The molecule has 3 atom stereocenters. The van der Waals surface area contributed by atoms with Crippen LogP contribution in [0, 0.1) is 5.41 Å². The van der Waals surface area contributed by atoms with Gasteiger partial charge in [-0.05, 0) is 91.0 Å². The van der Waals surface area contributed by atoms with Gasteiger partial charge in [-0.3, -0.25) is 9.69 Å². The maximum atomic E-state index is 15.6. The average molecular weight is 594 g/mol. The molecule has 3 unspecified atom stereocenters. The number of allylic oxidation sites excluding steroid dienone is 1. The molecular weight excluding hydrogens is 558 g/mol. The molecule has 6 nitrogen and oxygen atoms in total. The van der Waals surface area contributed by atoms with Crippen LogP contribution in [-0.4, -0.2) is 48.5 Å². The van der Waals surface area contributed by atoms with E-state index in [-0.39, 0.29) is 11.7 Å². The molecule has 2 aliphatic carbocycles. The largest absolute Gasteiger partial charge is 0.497 e. The van der Waals surface area contributed by atoms with E-state index >= 15 is 4.79 Å². The van der Waals surface area contributed by atoms with Gasteiger partial charge in [0.1, 0.15) is 17.0 Å². The molecule has 4 aromatic carbocycles. The van der Waals surface area contributed by atoms with Crippen LogP contribution in [-0.2, 0) is 10.3 Å². The second-order valence-corrected chi connectivity index (χ2v) is 12.5. The first kappa shape index (κ1) is 27.7. The highest BCUT2D eigenvalue weighted by Gasteiger charge is 2.72. The van der Waals surface area contributed by atoms with Crippen molar-refractivity contribution in [3.05, 3.63) is 125 Å². The van der Waals surface area contributed by atoms with E-state index in [1.807, 2.05) is 60.7 Å². The van der Waals surface area contributed by atoms with Crippen molar-refractivity contribution in [1.82, 2.24) is 14.9 Å². The van der Waals surface area contributed by atoms with E-state index in [9.17, 15) is 0 Å². The third-order valence-corrected chi connectivity index (χ3v) is 10.4. The molecule has 6 heteroatoms. The first-order valence-corrected chi connectivity index (χ1v) is 15.6. The molecule has 2 heterocycles. The molecule has 1 aliphatic heterocycles. The Bertz CT molecular complexity index is 1980. The van der Waals surface area contributed by atoms with Gasteiger partial charge < -0.3 is 9.47 Å². The number of aromatic nitrogens is 2. The quantitative estimate of drug-likeness (QED) is 0.202. The molecule has 8 rings (SSSR count). The first-order chi connectivity index (χ1) is 22.0. The SMILES string of the molecule is COc1ccc(C=C2CCCC3(C2=O)C(c2ccc(OC)cc2)CN(C)C32c3ccccc3-c3nc4ccccc4nc32)cc1. The zero-order valence-electron chi connectivity index (χ0n) is 25.8. The highest BCUT2D eigenvalue weighted by atomic mass is 16.5. The molecule has 1 saturated heterocycles. The number of methoxy groups -OCH3 is 2. The van der Waals surface area contributed by atoms with Crippen LogP contribution in [0.25, 0.3) is 28.4 Å². The summed E-state index contributed by atoms with van der Waals surface area (Å²) >= 11 is 0. The lowest BCUT2D eigenvalue weighted by molar-refractivity contribution is -0.132. The number of ether oxygens (including phenoxy) is 2. The number of carbonyl (C=O) groups excluding carboxylic acids is 1. The summed E-state index contributed by atoms with van der Waals surface area (Å²) in [5.41, 5.74) is 7.04. The van der Waals surface area contributed by atoms with E-state index in [2.05, 4.69) is 54.4 Å². The molecule has 0 N–H and O–H groups in total. The minimum Gasteiger partial charge on any atom is -0.497 e. The number of ketones is 1. The van der Waals surface area contributed by atoms with Gasteiger partial charge in [-0.2, -0.15) is 0 Å². The Kier molecular flexibility index (Phi) is 6.40. The van der Waals surface area contributed by atoms with Crippen molar-refractivity contribution in [1.29, 1.82) is 0 Å². The van der Waals surface area contributed by atoms with E-state index in [1.54, 1.807) is 14.2 Å². The predicted octanol–water partition coefficient (Wildman–Crippen LogP) is 7.42. The fourth-order valence-electron chi connectivity index (χ4n) is 8.58. The van der Waals surface area contributed by atoms with E-state index in [1.165, 1.54) is 0 Å². The number of hydrogen-bond acceptors (Lipinski definition) is 6. The Hall–Kier alpha value is -4.81. The maximum absolute atomic E-state index is 15.6. The normalized spacial score (nSPS) is 24.8. The summed E-state index contributed by atoms with van der Waals surface area (Å²) in [5.74, 6) is 1.72. The van der Waals surface area contributed by atoms with Crippen molar-refractivity contribution >= 4 is 22.9 Å². The molecule has 0 bridgehead atoms. The molecule has 224 valence electrons. The summed E-state index contributed by atoms with van der Waals surface area (Å²) in [7, 11) is 5.52. The highest BCUT2D eigenvalue weighted by molar-refractivity contribution is 6.07. The topological polar surface area (TPSA) is 64.6 Å². The van der Waals surface area contributed by atoms with E-state index < -0.39 is 11.0 Å². The maximum Gasteiger partial charge on any atom is 0.168 e. The van der Waals surface area contributed by atoms with Gasteiger partial charge in [-0.15, -0.1) is 0 Å². The zero-order chi connectivity index (χ0) is 30.8. The molecule has 0 radical (unpaired) electrons. The van der Waals surface area contributed by atoms with Crippen molar-refractivity contribution in [2.75, 3.05) is 27.8 Å². The summed E-state index contributed by atoms with van der Waals surface area (Å²) < 4.78 is 10.9. The molecule has 1 saturated carbocycles. The number of hydrogen-bond donors (Lipinski definition) is 0. The molecule has 2 fully saturated rings. The summed E-state index contributed by atoms with van der Waals surface area (Å²) in [4.78, 5) is 28.6. The molecule has 0 amide bonds. The average Bonchev–Trinajstić information content (AvgIpc) is 3.52. The minimum atomic E-state index is -0.814. The zero-order valence-corrected chi connectivity index (χ0v) is 25.8. The van der Waals surface area contributed by atoms with Gasteiger partial charge in [0, 0.05) is 18.0 Å². The fraction of sp³-hybridized carbons (Fsp3) is 0.256. The summed E-state index contributed by atoms with van der Waals surface area (Å²) in [6.45, 7) is 0.705. The minimum absolute atomic E-state index is 0.0762. The van der Waals surface area contributed by atoms with Crippen molar-refractivity contribution in [2.45, 2.75) is 30.7 Å². The van der Waals surface area contributed by atoms with Gasteiger partial charge in [-0.25, -0.2) is 9.97 Å². The Morgan fingerprint density at radius 3 is 2.18 bits per heavy atom. The molecule has 45 heavy (non-hydrogen) atoms. The van der Waals surface area contributed by atoms with Gasteiger partial charge in [0.15, 0.2) is 5.78 Å². The summed E-state index contributed by atoms with van der Waals surface area (Å²) in [5, 5.41) is 0. The van der Waals surface area contributed by atoms with Gasteiger partial charge in [0.25, 0.3) is 0 Å². The van der Waals surface area contributed by atoms with Crippen molar-refractivity contribution < 1.29 is 14.3 Å². The van der Waals surface area contributed by atoms with Crippen molar-refractivity contribution in [3.63, 3.8) is 0 Å². The van der Waals surface area contributed by atoms with E-state index in [0.29, 0.717) is 6.54 Å². The smallest absolute Gasteiger partial charge is 0.168 e. The Morgan fingerprint density at radius 1 is 0.822 bits per heavy atom. The lowest BCUT2D eigenvalue weighted by atomic mass is 9.53. The second-order valence-electron chi connectivity index (χ2n) is 12.5. The van der Waals surface area contributed by atoms with Crippen LogP contribution in [0.4, 0.5) is 0 Å². The number of likely N-dealkylation sites (N-methyl/N-ethyl adjacent to an activating group) is 1. The lowest BCUT2D eigenvalue weighted by Gasteiger charge is -2.50. The monoisotopic (exact) mass is 593 g/mol. The number of nitrogens with zero attached hydrogens (tertiary/aromatic N) is 3. The summed E-state index contributed by atoms with van der Waals surface area (Å²) in [6, 6.07) is 32.8. The van der Waals surface area contributed by atoms with Crippen molar-refractivity contribution in [2.24, 2.45) is 5.41 Å². The van der Waals surface area contributed by atoms with Crippen LogP contribution >= 0.6 is 0 Å². The van der Waals surface area contributed by atoms with Gasteiger partial charge in [0.2, 0.25) is 0 Å². The predicted molar refractivity (Wildman–Crippen MR) is 176 cm³/mol. The third-order valence-electron chi connectivity index (χ3n) is 10.4. The summed E-state index contributed by atoms with van der Waals surface area (Å²) in [6.07, 6.45) is 4.47. The molecule has 3 aliphatic rings. The number of para-hydroxylation sites is 2. The number of likely N-dealkylation sites (tertiary alicyclic amines) is 1. The van der Waals surface area contributed by atoms with Crippen LogP contribution in [0.3, 0.4) is 0 Å². The van der Waals surface area contributed by atoms with Crippen LogP contribution in [0.2, 0.25) is 0 Å². The molecule has 5 aromatic rings. The van der Waals surface area contributed by atoms with Gasteiger partial charge >= 0.3 is 0 Å². The third kappa shape index (κ3) is 3.82. The number of carbonyl (C=O) groups is 1. The Labute approximate surface area is 263 Å². The molecule has 2 spiro atoms. The Balaban J connectivity index is 1.41. The second kappa shape index (κ2) is 10.4. The van der Waals surface area contributed by atoms with E-state index in [0.717, 1.165) is 81.0 Å². The number of Topliss-reactive ketones (excluding diaryl/α,β-unsaturated/α-hetero) is 1. The number of benzene rings is 4. The Morgan fingerprint density at radius 2 is 1.47 bits per heavy atom. The van der Waals surface area contributed by atoms with Gasteiger partial charge in [-0.1, -0.05) is 60.7 Å². The van der Waals surface area contributed by atoms with Crippen LogP contribution in [0.1, 0.15) is 47.6 Å². The number of fused-ring (bicyclic) bond motifs is 7. The molecular formula is C39H35N3O3.